The zero-order chi connectivity index (χ0) is 28.8. The van der Waals surface area contributed by atoms with Crippen molar-refractivity contribution >= 4 is 69.5 Å². The number of benzene rings is 3. The summed E-state index contributed by atoms with van der Waals surface area (Å²) in [5, 5.41) is 16.0. The van der Waals surface area contributed by atoms with Crippen LogP contribution in [-0.4, -0.2) is 41.9 Å². The Balaban J connectivity index is 1.60. The van der Waals surface area contributed by atoms with E-state index in [1.807, 2.05) is 28.7 Å². The average molecular weight is 656 g/mol. The molecule has 0 bridgehead atoms. The lowest BCUT2D eigenvalue weighted by molar-refractivity contribution is -0.384. The summed E-state index contributed by atoms with van der Waals surface area (Å²) in [5.41, 5.74) is 0.216. The summed E-state index contributed by atoms with van der Waals surface area (Å²) in [6, 6.07) is 15.9. The first-order chi connectivity index (χ1) is 19.2. The summed E-state index contributed by atoms with van der Waals surface area (Å²) < 4.78 is 12.0. The number of barbiturate groups is 1. The number of nitrogens with zero attached hydrogens (tertiary/aromatic N) is 2. The molecule has 2 N–H and O–H groups in total. The minimum atomic E-state index is -1.03. The Hall–Kier alpha value is -4.79. The zero-order valence-electron chi connectivity index (χ0n) is 20.9. The van der Waals surface area contributed by atoms with Gasteiger partial charge in [0.2, 0.25) is 0 Å². The van der Waals surface area contributed by atoms with Crippen LogP contribution in [0.3, 0.4) is 0 Å². The number of carbonyl (C=O) groups is 4. The second kappa shape index (κ2) is 12.4. The molecule has 40 heavy (non-hydrogen) atoms. The van der Waals surface area contributed by atoms with Crippen molar-refractivity contribution < 1.29 is 33.6 Å². The number of imide groups is 2. The molecule has 0 radical (unpaired) electrons. The maximum Gasteiger partial charge on any atom is 0.335 e. The molecule has 4 rings (SSSR count). The number of rotatable bonds is 9. The highest BCUT2D eigenvalue weighted by Crippen LogP contribution is 2.35. The smallest absolute Gasteiger partial charge is 0.335 e. The van der Waals surface area contributed by atoms with Crippen LogP contribution in [-0.2, 0) is 14.4 Å². The third-order valence-electron chi connectivity index (χ3n) is 5.45. The van der Waals surface area contributed by atoms with Crippen molar-refractivity contribution in [3.05, 3.63) is 91.6 Å². The Kier molecular flexibility index (Phi) is 8.73. The second-order valence-corrected chi connectivity index (χ2v) is 9.36. The largest absolute Gasteiger partial charge is 0.490 e. The summed E-state index contributed by atoms with van der Waals surface area (Å²) in [4.78, 5) is 61.8. The van der Waals surface area contributed by atoms with E-state index in [0.717, 1.165) is 6.07 Å². The van der Waals surface area contributed by atoms with E-state index in [-0.39, 0.29) is 41.8 Å². The van der Waals surface area contributed by atoms with E-state index in [9.17, 15) is 29.3 Å². The molecule has 0 aromatic heterocycles. The Morgan fingerprint density at radius 2 is 1.82 bits per heavy atom. The first kappa shape index (κ1) is 28.2. The maximum absolute atomic E-state index is 13.2. The van der Waals surface area contributed by atoms with Gasteiger partial charge in [-0.15, -0.1) is 0 Å². The van der Waals surface area contributed by atoms with Crippen molar-refractivity contribution in [3.8, 4) is 11.5 Å². The lowest BCUT2D eigenvalue weighted by Gasteiger charge is -2.26. The highest BCUT2D eigenvalue weighted by atomic mass is 127. The number of anilines is 2. The van der Waals surface area contributed by atoms with Gasteiger partial charge in [-0.25, -0.2) is 9.69 Å². The number of halogens is 1. The number of ether oxygens (including phenoxy) is 2. The van der Waals surface area contributed by atoms with Crippen LogP contribution in [0.2, 0.25) is 0 Å². The van der Waals surface area contributed by atoms with Gasteiger partial charge in [0.05, 0.1) is 20.8 Å². The summed E-state index contributed by atoms with van der Waals surface area (Å²) in [7, 11) is 0. The minimum absolute atomic E-state index is 0.0720. The quantitative estimate of drug-likeness (QED) is 0.114. The van der Waals surface area contributed by atoms with E-state index in [2.05, 4.69) is 10.6 Å². The van der Waals surface area contributed by atoms with Crippen molar-refractivity contribution in [1.29, 1.82) is 0 Å². The summed E-state index contributed by atoms with van der Waals surface area (Å²) in [5.74, 6) is -1.71. The van der Waals surface area contributed by atoms with Gasteiger partial charge in [0.1, 0.15) is 5.57 Å². The second-order valence-electron chi connectivity index (χ2n) is 8.20. The number of nitro groups is 1. The lowest BCUT2D eigenvalue weighted by Crippen LogP contribution is -2.54. The van der Waals surface area contributed by atoms with E-state index in [1.54, 1.807) is 37.3 Å². The average Bonchev–Trinajstić information content (AvgIpc) is 2.91. The number of urea groups is 1. The van der Waals surface area contributed by atoms with Gasteiger partial charge in [-0.3, -0.25) is 29.8 Å². The molecule has 0 spiro atoms. The molecule has 3 aromatic rings. The molecular weight excluding hydrogens is 635 g/mol. The molecule has 1 heterocycles. The number of nitro benzene ring substituents is 1. The predicted molar refractivity (Wildman–Crippen MR) is 153 cm³/mol. The molecular formula is C27H21IN4O8. The van der Waals surface area contributed by atoms with Crippen LogP contribution >= 0.6 is 22.6 Å². The molecule has 1 fully saturated rings. The summed E-state index contributed by atoms with van der Waals surface area (Å²) >= 11 is 1.97. The molecule has 1 aliphatic rings. The van der Waals surface area contributed by atoms with E-state index >= 15 is 0 Å². The molecule has 1 aliphatic heterocycles. The zero-order valence-corrected chi connectivity index (χ0v) is 23.0. The highest BCUT2D eigenvalue weighted by Gasteiger charge is 2.37. The molecule has 0 saturated carbocycles. The molecule has 13 heteroatoms. The van der Waals surface area contributed by atoms with Crippen molar-refractivity contribution in [2.45, 2.75) is 6.92 Å². The molecule has 1 saturated heterocycles. The molecule has 0 atom stereocenters. The Labute approximate surface area is 241 Å². The van der Waals surface area contributed by atoms with E-state index in [4.69, 9.17) is 9.47 Å². The fourth-order valence-corrected chi connectivity index (χ4v) is 4.52. The first-order valence-corrected chi connectivity index (χ1v) is 12.9. The molecule has 3 aromatic carbocycles. The summed E-state index contributed by atoms with van der Waals surface area (Å²) in [6.45, 7) is 1.72. The first-order valence-electron chi connectivity index (χ1n) is 11.8. The van der Waals surface area contributed by atoms with Gasteiger partial charge < -0.3 is 14.8 Å². The number of non-ortho nitro benzene ring substituents is 1. The highest BCUT2D eigenvalue weighted by molar-refractivity contribution is 14.1. The van der Waals surface area contributed by atoms with Crippen molar-refractivity contribution in [2.24, 2.45) is 0 Å². The number of hydrogen-bond donors (Lipinski definition) is 2. The van der Waals surface area contributed by atoms with Gasteiger partial charge in [-0.1, -0.05) is 24.3 Å². The van der Waals surface area contributed by atoms with Crippen LogP contribution < -0.4 is 25.0 Å². The predicted octanol–water partition coefficient (Wildman–Crippen LogP) is 4.28. The van der Waals surface area contributed by atoms with Crippen LogP contribution in [0.5, 0.6) is 11.5 Å². The van der Waals surface area contributed by atoms with Crippen molar-refractivity contribution in [1.82, 2.24) is 5.32 Å². The van der Waals surface area contributed by atoms with Gasteiger partial charge >= 0.3 is 6.03 Å². The Morgan fingerprint density at radius 3 is 2.52 bits per heavy atom. The Bertz CT molecular complexity index is 1540. The molecule has 204 valence electrons. The standard InChI is InChI=1S/C27H21IN4O8/c1-2-39-22-13-16(12-21(28)24(22)40-15-23(33)29-17-7-4-3-5-8-17)11-20-25(34)30-27(36)31(26(20)35)18-9-6-10-19(14-18)32(37)38/h3-14H,2,15H2,1H3,(H,29,33)(H,30,34,36)/b20-11+. The third-order valence-corrected chi connectivity index (χ3v) is 6.25. The fourth-order valence-electron chi connectivity index (χ4n) is 3.73. The van der Waals surface area contributed by atoms with Gasteiger partial charge in [0.15, 0.2) is 18.1 Å². The topological polar surface area (TPSA) is 157 Å². The van der Waals surface area contributed by atoms with Gasteiger partial charge in [0.25, 0.3) is 23.4 Å². The molecule has 0 unspecified atom stereocenters. The number of amides is 5. The van der Waals surface area contributed by atoms with E-state index in [1.165, 1.54) is 30.3 Å². The molecule has 5 amide bonds. The Morgan fingerprint density at radius 1 is 1.07 bits per heavy atom. The molecule has 0 aliphatic carbocycles. The van der Waals surface area contributed by atoms with E-state index in [0.29, 0.717) is 25.5 Å². The summed E-state index contributed by atoms with van der Waals surface area (Å²) in [6.07, 6.45) is 1.27. The number of nitrogens with one attached hydrogen (secondary N) is 2. The fraction of sp³-hybridized carbons (Fsp3) is 0.111. The number of hydrogen-bond acceptors (Lipinski definition) is 8. The normalized spacial score (nSPS) is 14.1. The van der Waals surface area contributed by atoms with Crippen LogP contribution in [0, 0.1) is 13.7 Å². The van der Waals surface area contributed by atoms with Gasteiger partial charge in [-0.05, 0) is 71.5 Å². The third kappa shape index (κ3) is 6.43. The van der Waals surface area contributed by atoms with Gasteiger partial charge in [0, 0.05) is 17.8 Å². The van der Waals surface area contributed by atoms with Crippen LogP contribution in [0.25, 0.3) is 6.08 Å². The SMILES string of the molecule is CCOc1cc(/C=C2\C(=O)NC(=O)N(c3cccc([N+](=O)[O-])c3)C2=O)cc(I)c1OCC(=O)Nc1ccccc1. The number of para-hydroxylation sites is 1. The van der Waals surface area contributed by atoms with Crippen LogP contribution in [0.4, 0.5) is 21.9 Å². The van der Waals surface area contributed by atoms with Gasteiger partial charge in [-0.2, -0.15) is 0 Å². The van der Waals surface area contributed by atoms with Crippen molar-refractivity contribution in [3.63, 3.8) is 0 Å². The van der Waals surface area contributed by atoms with E-state index < -0.39 is 22.8 Å². The monoisotopic (exact) mass is 656 g/mol. The minimum Gasteiger partial charge on any atom is -0.490 e. The van der Waals surface area contributed by atoms with Crippen LogP contribution in [0.1, 0.15) is 12.5 Å². The lowest BCUT2D eigenvalue weighted by atomic mass is 10.1. The number of carbonyl (C=O) groups excluding carboxylic acids is 4. The maximum atomic E-state index is 13.2. The van der Waals surface area contributed by atoms with Crippen LogP contribution in [0.15, 0.2) is 72.3 Å². The van der Waals surface area contributed by atoms with Crippen molar-refractivity contribution in [2.75, 3.05) is 23.4 Å². The molecule has 12 nitrogen and oxygen atoms in total.